The topological polar surface area (TPSA) is 12.4 Å². The van der Waals surface area contributed by atoms with Crippen molar-refractivity contribution in [1.82, 2.24) is 0 Å². The number of aliphatic imine (C=N–C) groups is 1. The van der Waals surface area contributed by atoms with Crippen molar-refractivity contribution in [2.24, 2.45) is 4.99 Å². The van der Waals surface area contributed by atoms with E-state index >= 15 is 0 Å². The smallest absolute Gasteiger partial charge is 0.142 e. The van der Waals surface area contributed by atoms with Gasteiger partial charge in [-0.25, -0.2) is 8.78 Å². The van der Waals surface area contributed by atoms with E-state index in [0.717, 1.165) is 17.7 Å². The van der Waals surface area contributed by atoms with Crippen LogP contribution in [0.2, 0.25) is 0 Å². The predicted molar refractivity (Wildman–Crippen MR) is 120 cm³/mol. The van der Waals surface area contributed by atoms with E-state index in [1.54, 1.807) is 35.6 Å². The van der Waals surface area contributed by atoms with Crippen molar-refractivity contribution in [3.63, 3.8) is 0 Å². The molecule has 0 aliphatic carbocycles. The molecule has 5 heteroatoms. The molecule has 0 saturated heterocycles. The molecule has 1 nitrogen and oxygen atoms in total. The van der Waals surface area contributed by atoms with E-state index in [1.807, 2.05) is 12.1 Å². The zero-order valence-electron chi connectivity index (χ0n) is 16.0. The van der Waals surface area contributed by atoms with Crippen LogP contribution in [0.1, 0.15) is 42.2 Å². The van der Waals surface area contributed by atoms with Crippen LogP contribution in [0.15, 0.2) is 53.5 Å². The Hall–Kier alpha value is -2.64. The normalized spacial score (nSPS) is 10.2. The zero-order chi connectivity index (χ0) is 20.6. The summed E-state index contributed by atoms with van der Waals surface area (Å²) in [6.45, 7) is 2.17. The summed E-state index contributed by atoms with van der Waals surface area (Å²) in [6.07, 6.45) is 4.49. The fourth-order valence-electron chi connectivity index (χ4n) is 2.86. The minimum atomic E-state index is -0.657. The van der Waals surface area contributed by atoms with Crippen molar-refractivity contribution < 1.29 is 8.78 Å². The van der Waals surface area contributed by atoms with Crippen molar-refractivity contribution in [2.75, 3.05) is 0 Å². The second-order valence-electron chi connectivity index (χ2n) is 6.54. The van der Waals surface area contributed by atoms with Crippen molar-refractivity contribution >= 4 is 34.4 Å². The first kappa shape index (κ1) is 21.1. The maximum Gasteiger partial charge on any atom is 0.142 e. The van der Waals surface area contributed by atoms with Crippen LogP contribution in [-0.4, -0.2) is 5.16 Å². The summed E-state index contributed by atoms with van der Waals surface area (Å²) in [5.41, 5.74) is 1.59. The van der Waals surface area contributed by atoms with Gasteiger partial charge in [-0.1, -0.05) is 31.6 Å². The third-order valence-electron chi connectivity index (χ3n) is 4.39. The van der Waals surface area contributed by atoms with Crippen LogP contribution >= 0.6 is 23.6 Å². The van der Waals surface area contributed by atoms with E-state index in [4.69, 9.17) is 0 Å². The molecule has 0 bridgehead atoms. The number of benzene rings is 2. The average molecular weight is 424 g/mol. The molecule has 0 saturated carbocycles. The van der Waals surface area contributed by atoms with Gasteiger partial charge in [0.25, 0.3) is 0 Å². The Morgan fingerprint density at radius 3 is 2.34 bits per heavy atom. The molecule has 1 heterocycles. The summed E-state index contributed by atoms with van der Waals surface area (Å²) in [6, 6.07) is 13.5. The van der Waals surface area contributed by atoms with Gasteiger partial charge in [0.05, 0.1) is 16.4 Å². The van der Waals surface area contributed by atoms with Gasteiger partial charge in [0.2, 0.25) is 0 Å². The zero-order valence-corrected chi connectivity index (χ0v) is 17.6. The second kappa shape index (κ2) is 10.2. The lowest BCUT2D eigenvalue weighted by atomic mass is 10.1. The Morgan fingerprint density at radius 2 is 1.69 bits per heavy atom. The highest BCUT2D eigenvalue weighted by Crippen LogP contribution is 2.31. The van der Waals surface area contributed by atoms with Crippen LogP contribution in [0.25, 0.3) is 10.4 Å². The van der Waals surface area contributed by atoms with Crippen LogP contribution < -0.4 is 0 Å². The van der Waals surface area contributed by atoms with Crippen LogP contribution in [0.3, 0.4) is 0 Å². The molecule has 2 aromatic carbocycles. The molecule has 29 heavy (non-hydrogen) atoms. The van der Waals surface area contributed by atoms with E-state index in [0.29, 0.717) is 16.8 Å². The van der Waals surface area contributed by atoms with Crippen LogP contribution in [0.4, 0.5) is 14.5 Å². The number of thiocarbonyl (C=S) groups is 1. The molecular weight excluding hydrogens is 404 g/mol. The third kappa shape index (κ3) is 5.68. The van der Waals surface area contributed by atoms with Gasteiger partial charge in [0.15, 0.2) is 0 Å². The summed E-state index contributed by atoms with van der Waals surface area (Å²) in [4.78, 5) is 5.95. The molecule has 0 atom stereocenters. The fourth-order valence-corrected chi connectivity index (χ4v) is 4.00. The number of nitrogens with zero attached hydrogens (tertiary/aromatic N) is 1. The Kier molecular flexibility index (Phi) is 7.43. The highest BCUT2D eigenvalue weighted by molar-refractivity contribution is 7.78. The average Bonchev–Trinajstić information content (AvgIpc) is 3.18. The van der Waals surface area contributed by atoms with E-state index < -0.39 is 11.6 Å². The van der Waals surface area contributed by atoms with Crippen LogP contribution in [-0.2, 0) is 6.42 Å². The van der Waals surface area contributed by atoms with Crippen LogP contribution in [0, 0.1) is 23.5 Å². The monoisotopic (exact) mass is 423 g/mol. The largest absolute Gasteiger partial charge is 0.205 e. The molecule has 0 unspecified atom stereocenters. The van der Waals surface area contributed by atoms with Gasteiger partial charge in [0, 0.05) is 15.3 Å². The van der Waals surface area contributed by atoms with Gasteiger partial charge in [-0.2, -0.15) is 4.99 Å². The lowest BCUT2D eigenvalue weighted by Crippen LogP contribution is -1.91. The summed E-state index contributed by atoms with van der Waals surface area (Å²) in [7, 11) is 0. The lowest BCUT2D eigenvalue weighted by Gasteiger charge is -2.02. The summed E-state index contributed by atoms with van der Waals surface area (Å²) in [5, 5.41) is 2.28. The first-order chi connectivity index (χ1) is 14.1. The minimum absolute atomic E-state index is 0.227. The van der Waals surface area contributed by atoms with Crippen molar-refractivity contribution in [3.05, 3.63) is 76.2 Å². The summed E-state index contributed by atoms with van der Waals surface area (Å²) in [5.74, 6) is 4.08. The van der Waals surface area contributed by atoms with Gasteiger partial charge in [0.1, 0.15) is 11.6 Å². The van der Waals surface area contributed by atoms with E-state index in [9.17, 15) is 8.78 Å². The van der Waals surface area contributed by atoms with Gasteiger partial charge >= 0.3 is 0 Å². The predicted octanol–water partition coefficient (Wildman–Crippen LogP) is 7.56. The van der Waals surface area contributed by atoms with E-state index in [1.165, 1.54) is 29.9 Å². The van der Waals surface area contributed by atoms with Crippen molar-refractivity contribution in [2.45, 2.75) is 32.6 Å². The molecule has 0 N–H and O–H groups in total. The SMILES string of the molecule is CCCCCc1ccc(-c2cc(F)c(C#Cc3ccc(N=C=S)cc3)c(F)c2)s1. The highest BCUT2D eigenvalue weighted by Gasteiger charge is 2.12. The molecule has 146 valence electrons. The summed E-state index contributed by atoms with van der Waals surface area (Å²) >= 11 is 6.14. The molecule has 3 rings (SSSR count). The van der Waals surface area contributed by atoms with E-state index in [2.05, 4.69) is 41.1 Å². The molecule has 0 spiro atoms. The number of thiophene rings is 1. The Bertz CT molecular complexity index is 1070. The molecule has 0 aliphatic rings. The van der Waals surface area contributed by atoms with Crippen molar-refractivity contribution in [1.29, 1.82) is 0 Å². The molecule has 0 aliphatic heterocycles. The first-order valence-corrected chi connectivity index (χ1v) is 10.6. The third-order valence-corrected chi connectivity index (χ3v) is 5.67. The first-order valence-electron chi connectivity index (χ1n) is 9.38. The number of isothiocyanates is 1. The van der Waals surface area contributed by atoms with Gasteiger partial charge in [-0.3, -0.25) is 0 Å². The Morgan fingerprint density at radius 1 is 0.966 bits per heavy atom. The van der Waals surface area contributed by atoms with Gasteiger partial charge < -0.3 is 0 Å². The number of unbranched alkanes of at least 4 members (excludes halogenated alkanes) is 2. The molecule has 3 aromatic rings. The highest BCUT2D eigenvalue weighted by atomic mass is 32.1. The minimum Gasteiger partial charge on any atom is -0.205 e. The van der Waals surface area contributed by atoms with Crippen molar-refractivity contribution in [3.8, 4) is 22.3 Å². The number of halogens is 2. The molecule has 0 radical (unpaired) electrons. The van der Waals surface area contributed by atoms with Crippen LogP contribution in [0.5, 0.6) is 0 Å². The summed E-state index contributed by atoms with van der Waals surface area (Å²) < 4.78 is 29.1. The number of hydrogen-bond acceptors (Lipinski definition) is 3. The quantitative estimate of drug-likeness (QED) is 0.172. The standard InChI is InChI=1S/C24H19F2NS2/c1-2-3-4-5-20-11-13-24(29-20)18-14-22(25)21(23(26)15-18)12-8-17-6-9-19(10-7-17)27-16-28/h6-7,9-11,13-15H,2-5H2,1H3. The molecule has 1 aromatic heterocycles. The lowest BCUT2D eigenvalue weighted by molar-refractivity contribution is 0.578. The second-order valence-corrected chi connectivity index (χ2v) is 7.89. The number of hydrogen-bond donors (Lipinski definition) is 0. The van der Waals surface area contributed by atoms with Gasteiger partial charge in [-0.05, 0) is 79.2 Å². The molecular formula is C24H19F2NS2. The Labute approximate surface area is 179 Å². The Balaban J connectivity index is 1.80. The number of rotatable bonds is 6. The van der Waals surface area contributed by atoms with Gasteiger partial charge in [-0.15, -0.1) is 11.3 Å². The molecule has 0 amide bonds. The van der Waals surface area contributed by atoms with E-state index in [-0.39, 0.29) is 5.56 Å². The maximum atomic E-state index is 14.5. The fraction of sp³-hybridized carbons (Fsp3) is 0.208. The molecule has 0 fully saturated rings. The number of aryl methyl sites for hydroxylation is 1. The maximum absolute atomic E-state index is 14.5.